The summed E-state index contributed by atoms with van der Waals surface area (Å²) in [7, 11) is 3.20. The molecule has 0 aromatic carbocycles. The fourth-order valence-corrected chi connectivity index (χ4v) is 1.28. The zero-order valence-corrected chi connectivity index (χ0v) is 11.0. The Morgan fingerprint density at radius 2 is 2.12 bits per heavy atom. The summed E-state index contributed by atoms with van der Waals surface area (Å²) in [5.41, 5.74) is 0. The zero-order chi connectivity index (χ0) is 13.3. The van der Waals surface area contributed by atoms with Crippen LogP contribution < -0.4 is 5.32 Å². The van der Waals surface area contributed by atoms with Gasteiger partial charge < -0.3 is 19.7 Å². The first-order chi connectivity index (χ1) is 8.13. The van der Waals surface area contributed by atoms with Crippen molar-refractivity contribution in [3.05, 3.63) is 0 Å². The minimum Gasteiger partial charge on any atom is -0.468 e. The summed E-state index contributed by atoms with van der Waals surface area (Å²) in [6.45, 7) is 5.79. The quantitative estimate of drug-likeness (QED) is 0.688. The minimum atomic E-state index is -0.492. The molecule has 0 radical (unpaired) electrons. The van der Waals surface area contributed by atoms with Crippen LogP contribution in [0.4, 0.5) is 0 Å². The number of methoxy groups -OCH3 is 1. The van der Waals surface area contributed by atoms with Crippen LogP contribution in [0.3, 0.4) is 0 Å². The number of hydrogen-bond donors (Lipinski definition) is 1. The van der Waals surface area contributed by atoms with E-state index in [1.165, 1.54) is 7.11 Å². The van der Waals surface area contributed by atoms with Gasteiger partial charge in [-0.1, -0.05) is 13.8 Å². The third-order valence-corrected chi connectivity index (χ3v) is 2.20. The van der Waals surface area contributed by atoms with Gasteiger partial charge in [-0.2, -0.15) is 0 Å². The molecule has 100 valence electrons. The van der Waals surface area contributed by atoms with Gasteiger partial charge >= 0.3 is 5.97 Å². The Kier molecular flexibility index (Phi) is 8.35. The summed E-state index contributed by atoms with van der Waals surface area (Å²) in [4.78, 5) is 24.3. The van der Waals surface area contributed by atoms with Gasteiger partial charge in [0.25, 0.3) is 5.91 Å². The number of morpholine rings is 1. The van der Waals surface area contributed by atoms with Crippen molar-refractivity contribution in [2.45, 2.75) is 20.0 Å². The van der Waals surface area contributed by atoms with Crippen LogP contribution in [0.25, 0.3) is 0 Å². The number of rotatable bonds is 3. The number of esters is 1. The molecule has 1 rings (SSSR count). The molecule has 6 heteroatoms. The molecule has 6 nitrogen and oxygen atoms in total. The van der Waals surface area contributed by atoms with E-state index in [0.717, 1.165) is 6.54 Å². The second-order valence-electron chi connectivity index (χ2n) is 3.42. The van der Waals surface area contributed by atoms with E-state index < -0.39 is 12.1 Å². The highest BCUT2D eigenvalue weighted by molar-refractivity contribution is 5.85. The maximum Gasteiger partial charge on any atom is 0.325 e. The second kappa shape index (κ2) is 8.95. The van der Waals surface area contributed by atoms with Crippen molar-refractivity contribution < 1.29 is 19.1 Å². The Hall–Kier alpha value is -1.14. The molecular formula is C11H22N2O4. The molecule has 0 aliphatic carbocycles. The molecule has 17 heavy (non-hydrogen) atoms. The SMILES string of the molecule is CC.COC(=O)CNC(=O)C1CN(C)CCO1. The second-order valence-corrected chi connectivity index (χ2v) is 3.42. The molecule has 0 spiro atoms. The molecule has 1 atom stereocenters. The van der Waals surface area contributed by atoms with Crippen molar-refractivity contribution in [1.82, 2.24) is 10.2 Å². The first-order valence-corrected chi connectivity index (χ1v) is 5.78. The Morgan fingerprint density at radius 3 is 2.65 bits per heavy atom. The molecule has 1 N–H and O–H groups in total. The van der Waals surface area contributed by atoms with Crippen LogP contribution >= 0.6 is 0 Å². The van der Waals surface area contributed by atoms with Crippen LogP contribution in [0, 0.1) is 0 Å². The lowest BCUT2D eigenvalue weighted by atomic mass is 10.2. The lowest BCUT2D eigenvalue weighted by molar-refractivity contribution is -0.144. The van der Waals surface area contributed by atoms with E-state index in [9.17, 15) is 9.59 Å². The van der Waals surface area contributed by atoms with Gasteiger partial charge in [-0.25, -0.2) is 0 Å². The number of amides is 1. The average Bonchev–Trinajstić information content (AvgIpc) is 2.37. The summed E-state index contributed by atoms with van der Waals surface area (Å²) in [5.74, 6) is -0.737. The van der Waals surface area contributed by atoms with Gasteiger partial charge in [-0.3, -0.25) is 9.59 Å². The molecule has 0 saturated carbocycles. The summed E-state index contributed by atoms with van der Waals surface area (Å²) < 4.78 is 9.67. The lowest BCUT2D eigenvalue weighted by Crippen LogP contribution is -2.49. The number of likely N-dealkylation sites (N-methyl/N-ethyl adjacent to an activating group) is 1. The third kappa shape index (κ3) is 6.23. The molecule has 0 bridgehead atoms. The predicted octanol–water partition coefficient (Wildman–Crippen LogP) is -0.368. The number of carbonyl (C=O) groups excluding carboxylic acids is 2. The van der Waals surface area contributed by atoms with Gasteiger partial charge in [-0.05, 0) is 7.05 Å². The van der Waals surface area contributed by atoms with Crippen LogP contribution in [0.2, 0.25) is 0 Å². The molecule has 1 aliphatic heterocycles. The summed E-state index contributed by atoms with van der Waals surface area (Å²) >= 11 is 0. The highest BCUT2D eigenvalue weighted by Gasteiger charge is 2.24. The van der Waals surface area contributed by atoms with Crippen molar-refractivity contribution in [3.63, 3.8) is 0 Å². The first-order valence-electron chi connectivity index (χ1n) is 5.78. The van der Waals surface area contributed by atoms with Crippen LogP contribution in [0.1, 0.15) is 13.8 Å². The monoisotopic (exact) mass is 246 g/mol. The van der Waals surface area contributed by atoms with Crippen molar-refractivity contribution in [2.75, 3.05) is 40.4 Å². The van der Waals surface area contributed by atoms with Crippen molar-refractivity contribution in [3.8, 4) is 0 Å². The molecule has 1 amide bonds. The fourth-order valence-electron chi connectivity index (χ4n) is 1.28. The Balaban J connectivity index is 0.00000121. The summed E-state index contributed by atoms with van der Waals surface area (Å²) in [6, 6.07) is 0. The summed E-state index contributed by atoms with van der Waals surface area (Å²) in [6.07, 6.45) is -0.492. The van der Waals surface area contributed by atoms with E-state index in [0.29, 0.717) is 13.2 Å². The lowest BCUT2D eigenvalue weighted by Gasteiger charge is -2.28. The van der Waals surface area contributed by atoms with E-state index in [4.69, 9.17) is 4.74 Å². The van der Waals surface area contributed by atoms with Crippen LogP contribution in [0.15, 0.2) is 0 Å². The molecule has 1 saturated heterocycles. The van der Waals surface area contributed by atoms with Crippen LogP contribution in [-0.4, -0.2) is 63.3 Å². The normalized spacial score (nSPS) is 19.9. The number of carbonyl (C=O) groups is 2. The predicted molar refractivity (Wildman–Crippen MR) is 63.6 cm³/mol. The zero-order valence-electron chi connectivity index (χ0n) is 11.0. The Bertz CT molecular complexity index is 246. The van der Waals surface area contributed by atoms with Crippen molar-refractivity contribution in [2.24, 2.45) is 0 Å². The van der Waals surface area contributed by atoms with Gasteiger partial charge in [0.05, 0.1) is 13.7 Å². The highest BCUT2D eigenvalue weighted by Crippen LogP contribution is 2.02. The topological polar surface area (TPSA) is 67.9 Å². The average molecular weight is 246 g/mol. The van der Waals surface area contributed by atoms with E-state index in [1.807, 2.05) is 25.8 Å². The number of ether oxygens (including phenoxy) is 2. The number of nitrogens with one attached hydrogen (secondary N) is 1. The largest absolute Gasteiger partial charge is 0.468 e. The van der Waals surface area contributed by atoms with Crippen LogP contribution in [-0.2, 0) is 19.1 Å². The van der Waals surface area contributed by atoms with E-state index in [1.54, 1.807) is 0 Å². The molecular weight excluding hydrogens is 224 g/mol. The van der Waals surface area contributed by atoms with E-state index >= 15 is 0 Å². The maximum absolute atomic E-state index is 11.5. The smallest absolute Gasteiger partial charge is 0.325 e. The summed E-state index contributed by atoms with van der Waals surface area (Å²) in [5, 5.41) is 2.46. The van der Waals surface area contributed by atoms with Gasteiger partial charge in [-0.15, -0.1) is 0 Å². The fraction of sp³-hybridized carbons (Fsp3) is 0.818. The maximum atomic E-state index is 11.5. The number of nitrogens with zero attached hydrogens (tertiary/aromatic N) is 1. The third-order valence-electron chi connectivity index (χ3n) is 2.20. The molecule has 1 heterocycles. The molecule has 1 unspecified atom stereocenters. The standard InChI is InChI=1S/C9H16N2O4.C2H6/c1-11-3-4-15-7(6-11)9(13)10-5-8(12)14-2;1-2/h7H,3-6H2,1-2H3,(H,10,13);1-2H3. The molecule has 0 aromatic rings. The van der Waals surface area contributed by atoms with Gasteiger partial charge in [0.1, 0.15) is 12.6 Å². The van der Waals surface area contributed by atoms with Gasteiger partial charge in [0.2, 0.25) is 0 Å². The highest BCUT2D eigenvalue weighted by atomic mass is 16.5. The van der Waals surface area contributed by atoms with E-state index in [-0.39, 0.29) is 12.5 Å². The molecule has 1 aliphatic rings. The molecule has 0 aromatic heterocycles. The van der Waals surface area contributed by atoms with Gasteiger partial charge in [0, 0.05) is 13.1 Å². The van der Waals surface area contributed by atoms with Crippen LogP contribution in [0.5, 0.6) is 0 Å². The van der Waals surface area contributed by atoms with Gasteiger partial charge in [0.15, 0.2) is 0 Å². The Morgan fingerprint density at radius 1 is 1.47 bits per heavy atom. The van der Waals surface area contributed by atoms with Crippen molar-refractivity contribution in [1.29, 1.82) is 0 Å². The number of hydrogen-bond acceptors (Lipinski definition) is 5. The first kappa shape index (κ1) is 15.9. The molecule has 1 fully saturated rings. The Labute approximate surface area is 102 Å². The minimum absolute atomic E-state index is 0.112. The van der Waals surface area contributed by atoms with E-state index in [2.05, 4.69) is 10.1 Å². The van der Waals surface area contributed by atoms with Crippen molar-refractivity contribution >= 4 is 11.9 Å².